The minimum atomic E-state index is -0.101. The first kappa shape index (κ1) is 13.7. The van der Waals surface area contributed by atoms with Crippen molar-refractivity contribution in [2.24, 2.45) is 0 Å². The molecule has 3 rings (SSSR count). The summed E-state index contributed by atoms with van der Waals surface area (Å²) >= 11 is 8.15. The van der Waals surface area contributed by atoms with Gasteiger partial charge < -0.3 is 4.57 Å². The topological polar surface area (TPSA) is 17.8 Å². The summed E-state index contributed by atoms with van der Waals surface area (Å²) in [4.78, 5) is 6.08. The molecule has 20 heavy (non-hydrogen) atoms. The second-order valence-corrected chi connectivity index (χ2v) is 6.52. The fourth-order valence-corrected chi connectivity index (χ4v) is 3.72. The first-order chi connectivity index (χ1) is 9.72. The van der Waals surface area contributed by atoms with Gasteiger partial charge in [0.2, 0.25) is 0 Å². The van der Waals surface area contributed by atoms with E-state index < -0.39 is 0 Å². The maximum atomic E-state index is 6.36. The van der Waals surface area contributed by atoms with Crippen molar-refractivity contribution >= 4 is 34.0 Å². The van der Waals surface area contributed by atoms with E-state index >= 15 is 0 Å². The van der Waals surface area contributed by atoms with Crippen molar-refractivity contribution in [1.29, 1.82) is 0 Å². The second-order valence-electron chi connectivity index (χ2n) is 4.88. The maximum absolute atomic E-state index is 6.36. The number of alkyl halides is 1. The first-order valence-corrected chi connectivity index (χ1v) is 8.18. The highest BCUT2D eigenvalue weighted by molar-refractivity contribution is 7.10. The van der Waals surface area contributed by atoms with Crippen LogP contribution in [0.25, 0.3) is 11.0 Å². The van der Waals surface area contributed by atoms with Crippen molar-refractivity contribution in [3.05, 3.63) is 52.5 Å². The van der Waals surface area contributed by atoms with E-state index in [2.05, 4.69) is 47.2 Å². The zero-order valence-electron chi connectivity index (χ0n) is 11.6. The van der Waals surface area contributed by atoms with E-state index in [1.165, 1.54) is 4.88 Å². The molecule has 2 aromatic heterocycles. The Balaban J connectivity index is 2.24. The smallest absolute Gasteiger partial charge is 0.128 e. The molecule has 0 amide bonds. The van der Waals surface area contributed by atoms with Gasteiger partial charge in [0.15, 0.2) is 0 Å². The van der Waals surface area contributed by atoms with Gasteiger partial charge in [0.1, 0.15) is 5.82 Å². The Labute approximate surface area is 128 Å². The summed E-state index contributed by atoms with van der Waals surface area (Å²) in [7, 11) is 0. The standard InChI is InChI=1S/C16H17ClN2S/c1-3-13(15-9-6-10-20-15)19-14-8-5-4-7-12(14)18-16(19)11(2)17/h4-11,13H,3H2,1-2H3. The van der Waals surface area contributed by atoms with E-state index in [1.54, 1.807) is 11.3 Å². The number of imidazole rings is 1. The van der Waals surface area contributed by atoms with Crippen LogP contribution >= 0.6 is 22.9 Å². The third-order valence-corrected chi connectivity index (χ3v) is 4.72. The van der Waals surface area contributed by atoms with Gasteiger partial charge in [0.25, 0.3) is 0 Å². The van der Waals surface area contributed by atoms with Crippen molar-refractivity contribution < 1.29 is 0 Å². The first-order valence-electron chi connectivity index (χ1n) is 6.86. The SMILES string of the molecule is CCC(c1cccs1)n1c(C(C)Cl)nc2ccccc21. The predicted octanol–water partition coefficient (Wildman–Crippen LogP) is 5.40. The van der Waals surface area contributed by atoms with Crippen LogP contribution in [0.1, 0.15) is 42.4 Å². The van der Waals surface area contributed by atoms with Crippen LogP contribution in [-0.2, 0) is 0 Å². The Kier molecular flexibility index (Phi) is 3.81. The molecule has 2 unspecified atom stereocenters. The maximum Gasteiger partial charge on any atom is 0.128 e. The highest BCUT2D eigenvalue weighted by Crippen LogP contribution is 2.34. The number of benzene rings is 1. The number of rotatable bonds is 4. The molecule has 0 saturated heterocycles. The number of nitrogens with zero attached hydrogens (tertiary/aromatic N) is 2. The van der Waals surface area contributed by atoms with Gasteiger partial charge in [-0.05, 0) is 36.9 Å². The minimum absolute atomic E-state index is 0.101. The number of para-hydroxylation sites is 2. The Morgan fingerprint density at radius 1 is 1.25 bits per heavy atom. The van der Waals surface area contributed by atoms with E-state index in [-0.39, 0.29) is 5.38 Å². The van der Waals surface area contributed by atoms with Gasteiger partial charge in [-0.1, -0.05) is 25.1 Å². The van der Waals surface area contributed by atoms with Crippen molar-refractivity contribution in [3.8, 4) is 0 Å². The Morgan fingerprint density at radius 3 is 2.70 bits per heavy atom. The summed E-state index contributed by atoms with van der Waals surface area (Å²) in [5.74, 6) is 0.952. The summed E-state index contributed by atoms with van der Waals surface area (Å²) in [6.45, 7) is 4.20. The monoisotopic (exact) mass is 304 g/mol. The van der Waals surface area contributed by atoms with Gasteiger partial charge in [0.05, 0.1) is 22.5 Å². The molecule has 0 N–H and O–H groups in total. The average molecular weight is 305 g/mol. The van der Waals surface area contributed by atoms with Gasteiger partial charge in [0, 0.05) is 4.88 Å². The molecular formula is C16H17ClN2S. The van der Waals surface area contributed by atoms with Crippen molar-refractivity contribution in [1.82, 2.24) is 9.55 Å². The Bertz CT molecular complexity index is 700. The number of halogens is 1. The number of hydrogen-bond acceptors (Lipinski definition) is 2. The lowest BCUT2D eigenvalue weighted by Gasteiger charge is -2.20. The van der Waals surface area contributed by atoms with Crippen LogP contribution in [-0.4, -0.2) is 9.55 Å². The van der Waals surface area contributed by atoms with Crippen molar-refractivity contribution in [3.63, 3.8) is 0 Å². The largest absolute Gasteiger partial charge is 0.318 e. The summed E-state index contributed by atoms with van der Waals surface area (Å²) < 4.78 is 2.30. The lowest BCUT2D eigenvalue weighted by atomic mass is 10.1. The summed E-state index contributed by atoms with van der Waals surface area (Å²) in [5.41, 5.74) is 2.18. The van der Waals surface area contributed by atoms with Gasteiger partial charge in [-0.25, -0.2) is 4.98 Å². The Morgan fingerprint density at radius 2 is 2.05 bits per heavy atom. The Hall–Kier alpha value is -1.32. The van der Waals surface area contributed by atoms with Crippen LogP contribution in [0, 0.1) is 0 Å². The third kappa shape index (κ3) is 2.25. The van der Waals surface area contributed by atoms with Crippen LogP contribution < -0.4 is 0 Å². The summed E-state index contributed by atoms with van der Waals surface area (Å²) in [6.07, 6.45) is 1.03. The van der Waals surface area contributed by atoms with Crippen LogP contribution in [0.2, 0.25) is 0 Å². The van der Waals surface area contributed by atoms with Gasteiger partial charge >= 0.3 is 0 Å². The zero-order chi connectivity index (χ0) is 14.1. The lowest BCUT2D eigenvalue weighted by molar-refractivity contribution is 0.564. The molecule has 0 aliphatic rings. The molecule has 0 aliphatic heterocycles. The lowest BCUT2D eigenvalue weighted by Crippen LogP contribution is -2.12. The molecule has 0 fully saturated rings. The molecule has 2 heterocycles. The van der Waals surface area contributed by atoms with E-state index in [0.717, 1.165) is 23.3 Å². The van der Waals surface area contributed by atoms with Gasteiger partial charge in [-0.15, -0.1) is 22.9 Å². The highest BCUT2D eigenvalue weighted by atomic mass is 35.5. The summed E-state index contributed by atoms with van der Waals surface area (Å²) in [6, 6.07) is 12.9. The third-order valence-electron chi connectivity index (χ3n) is 3.55. The molecule has 1 aromatic carbocycles. The molecule has 4 heteroatoms. The molecule has 3 aromatic rings. The van der Waals surface area contributed by atoms with Gasteiger partial charge in [-0.2, -0.15) is 0 Å². The number of hydrogen-bond donors (Lipinski definition) is 0. The molecule has 0 aliphatic carbocycles. The summed E-state index contributed by atoms with van der Waals surface area (Å²) in [5, 5.41) is 2.03. The van der Waals surface area contributed by atoms with E-state index in [1.807, 2.05) is 13.0 Å². The molecule has 0 radical (unpaired) electrons. The molecule has 104 valence electrons. The molecule has 2 atom stereocenters. The van der Waals surface area contributed by atoms with Crippen LogP contribution in [0.4, 0.5) is 0 Å². The molecule has 2 nitrogen and oxygen atoms in total. The normalized spacial score (nSPS) is 14.6. The van der Waals surface area contributed by atoms with E-state index in [9.17, 15) is 0 Å². The number of aromatic nitrogens is 2. The van der Waals surface area contributed by atoms with Crippen LogP contribution in [0.3, 0.4) is 0 Å². The molecule has 0 spiro atoms. The number of fused-ring (bicyclic) bond motifs is 1. The molecular weight excluding hydrogens is 288 g/mol. The fourth-order valence-electron chi connectivity index (χ4n) is 2.66. The molecule has 0 saturated carbocycles. The quantitative estimate of drug-likeness (QED) is 0.590. The van der Waals surface area contributed by atoms with E-state index in [0.29, 0.717) is 6.04 Å². The van der Waals surface area contributed by atoms with Crippen molar-refractivity contribution in [2.75, 3.05) is 0 Å². The average Bonchev–Trinajstić information content (AvgIpc) is 3.08. The number of thiophene rings is 1. The van der Waals surface area contributed by atoms with Crippen LogP contribution in [0.15, 0.2) is 41.8 Å². The van der Waals surface area contributed by atoms with Gasteiger partial charge in [-0.3, -0.25) is 0 Å². The fraction of sp³-hybridized carbons (Fsp3) is 0.312. The molecule has 0 bridgehead atoms. The van der Waals surface area contributed by atoms with Crippen LogP contribution in [0.5, 0.6) is 0 Å². The van der Waals surface area contributed by atoms with Crippen molar-refractivity contribution in [2.45, 2.75) is 31.7 Å². The predicted molar refractivity (Wildman–Crippen MR) is 86.8 cm³/mol. The minimum Gasteiger partial charge on any atom is -0.318 e. The highest BCUT2D eigenvalue weighted by Gasteiger charge is 2.22. The zero-order valence-corrected chi connectivity index (χ0v) is 13.2. The second kappa shape index (κ2) is 5.58. The van der Waals surface area contributed by atoms with E-state index in [4.69, 9.17) is 16.6 Å².